The normalized spacial score (nSPS) is 11.2. The summed E-state index contributed by atoms with van der Waals surface area (Å²) in [4.78, 5) is 12.4. The highest BCUT2D eigenvalue weighted by molar-refractivity contribution is 7.92. The molecule has 0 aliphatic carbocycles. The molecule has 2 aromatic rings. The van der Waals surface area contributed by atoms with Crippen LogP contribution in [-0.4, -0.2) is 27.1 Å². The summed E-state index contributed by atoms with van der Waals surface area (Å²) in [7, 11) is -3.63. The minimum absolute atomic E-state index is 0.311. The molecule has 0 bridgehead atoms. The summed E-state index contributed by atoms with van der Waals surface area (Å²) in [5.74, 6) is -0.414. The van der Waals surface area contributed by atoms with Crippen LogP contribution in [0.4, 0.5) is 11.4 Å². The number of amides is 1. The maximum Gasteiger partial charge on any atom is 0.245 e. The van der Waals surface area contributed by atoms with E-state index in [1.165, 1.54) is 0 Å². The van der Waals surface area contributed by atoms with Gasteiger partial charge in [-0.2, -0.15) is 0 Å². The number of sulfonamides is 1. The molecule has 0 unspecified atom stereocenters. The van der Waals surface area contributed by atoms with E-state index in [1.807, 2.05) is 26.0 Å². The Morgan fingerprint density at radius 1 is 1.04 bits per heavy atom. The molecule has 2 aromatic carbocycles. The zero-order valence-corrected chi connectivity index (χ0v) is 16.2. The van der Waals surface area contributed by atoms with Crippen molar-refractivity contribution in [1.82, 2.24) is 0 Å². The summed E-state index contributed by atoms with van der Waals surface area (Å²) in [6, 6.07) is 10.4. The van der Waals surface area contributed by atoms with E-state index in [0.717, 1.165) is 21.7 Å². The highest BCUT2D eigenvalue weighted by Crippen LogP contribution is 2.25. The lowest BCUT2D eigenvalue weighted by atomic mass is 10.1. The van der Waals surface area contributed by atoms with Gasteiger partial charge in [-0.15, -0.1) is 0 Å². The predicted octanol–water partition coefficient (Wildman–Crippen LogP) is 3.67. The van der Waals surface area contributed by atoms with Crippen molar-refractivity contribution in [2.45, 2.75) is 20.8 Å². The van der Waals surface area contributed by atoms with Crippen molar-refractivity contribution < 1.29 is 13.2 Å². The van der Waals surface area contributed by atoms with Gasteiger partial charge in [0.1, 0.15) is 6.54 Å². The second kappa shape index (κ2) is 7.45. The SMILES string of the molecule is Cc1ccc(NC(=O)CN(c2ccc(Cl)cc2C)S(C)(=O)=O)cc1C. The summed E-state index contributed by atoms with van der Waals surface area (Å²) in [6.07, 6.45) is 1.07. The van der Waals surface area contributed by atoms with E-state index in [2.05, 4.69) is 5.32 Å². The molecule has 7 heteroatoms. The average molecular weight is 381 g/mol. The molecule has 0 spiro atoms. The first-order chi connectivity index (χ1) is 11.6. The Balaban J connectivity index is 2.25. The number of nitrogens with one attached hydrogen (secondary N) is 1. The van der Waals surface area contributed by atoms with E-state index in [-0.39, 0.29) is 6.54 Å². The van der Waals surface area contributed by atoms with Gasteiger partial charge in [0.05, 0.1) is 11.9 Å². The largest absolute Gasteiger partial charge is 0.325 e. The van der Waals surface area contributed by atoms with Gasteiger partial charge in [0, 0.05) is 10.7 Å². The second-order valence-electron chi connectivity index (χ2n) is 6.05. The fourth-order valence-electron chi connectivity index (χ4n) is 2.43. The molecule has 0 aliphatic rings. The van der Waals surface area contributed by atoms with Gasteiger partial charge >= 0.3 is 0 Å². The number of hydrogen-bond donors (Lipinski definition) is 1. The topological polar surface area (TPSA) is 66.5 Å². The van der Waals surface area contributed by atoms with Gasteiger partial charge < -0.3 is 5.32 Å². The Morgan fingerprint density at radius 2 is 1.72 bits per heavy atom. The van der Waals surface area contributed by atoms with Crippen LogP contribution in [0.5, 0.6) is 0 Å². The smallest absolute Gasteiger partial charge is 0.245 e. The minimum atomic E-state index is -3.63. The zero-order chi connectivity index (χ0) is 18.8. The molecule has 0 saturated heterocycles. The van der Waals surface area contributed by atoms with Crippen LogP contribution in [0.2, 0.25) is 5.02 Å². The number of rotatable bonds is 5. The standard InChI is InChI=1S/C18H21ClN2O3S/c1-12-5-7-16(10-13(12)2)20-18(22)11-21(25(4,23)24)17-8-6-15(19)9-14(17)3/h5-10H,11H2,1-4H3,(H,20,22). The molecule has 1 amide bonds. The van der Waals surface area contributed by atoms with Crippen molar-refractivity contribution in [3.05, 3.63) is 58.1 Å². The number of nitrogens with zero attached hydrogens (tertiary/aromatic N) is 1. The van der Waals surface area contributed by atoms with Crippen LogP contribution in [0.1, 0.15) is 16.7 Å². The van der Waals surface area contributed by atoms with Crippen LogP contribution in [-0.2, 0) is 14.8 Å². The summed E-state index contributed by atoms with van der Waals surface area (Å²) in [5, 5.41) is 3.25. The van der Waals surface area contributed by atoms with Gasteiger partial charge in [-0.1, -0.05) is 17.7 Å². The molecule has 0 radical (unpaired) electrons. The van der Waals surface area contributed by atoms with Gasteiger partial charge in [-0.25, -0.2) is 8.42 Å². The molecule has 0 heterocycles. The number of aryl methyl sites for hydroxylation is 3. The van der Waals surface area contributed by atoms with E-state index in [4.69, 9.17) is 11.6 Å². The number of anilines is 2. The quantitative estimate of drug-likeness (QED) is 0.860. The molecule has 0 aromatic heterocycles. The Bertz CT molecular complexity index is 911. The van der Waals surface area contributed by atoms with Crippen molar-refractivity contribution in [3.8, 4) is 0 Å². The number of carbonyl (C=O) groups is 1. The predicted molar refractivity (Wildman–Crippen MR) is 103 cm³/mol. The van der Waals surface area contributed by atoms with Crippen molar-refractivity contribution >= 4 is 38.9 Å². The molecule has 134 valence electrons. The van der Waals surface area contributed by atoms with Crippen LogP contribution in [0.25, 0.3) is 0 Å². The summed E-state index contributed by atoms with van der Waals surface area (Å²) in [5.41, 5.74) is 3.91. The molecule has 0 saturated carbocycles. The highest BCUT2D eigenvalue weighted by atomic mass is 35.5. The molecular formula is C18H21ClN2O3S. The summed E-state index contributed by atoms with van der Waals surface area (Å²) >= 11 is 5.93. The molecule has 0 aliphatic heterocycles. The van der Waals surface area contributed by atoms with Crippen LogP contribution in [0.3, 0.4) is 0 Å². The van der Waals surface area contributed by atoms with Crippen molar-refractivity contribution in [2.24, 2.45) is 0 Å². The average Bonchev–Trinajstić information content (AvgIpc) is 2.48. The monoisotopic (exact) mass is 380 g/mol. The minimum Gasteiger partial charge on any atom is -0.325 e. The van der Waals surface area contributed by atoms with E-state index in [0.29, 0.717) is 22.0 Å². The lowest BCUT2D eigenvalue weighted by molar-refractivity contribution is -0.114. The van der Waals surface area contributed by atoms with E-state index in [9.17, 15) is 13.2 Å². The highest BCUT2D eigenvalue weighted by Gasteiger charge is 2.22. The fourth-order valence-corrected chi connectivity index (χ4v) is 3.57. The van der Waals surface area contributed by atoms with Gasteiger partial charge in [-0.3, -0.25) is 9.10 Å². The molecule has 0 fully saturated rings. The van der Waals surface area contributed by atoms with Crippen LogP contribution in [0, 0.1) is 20.8 Å². The Labute approximate surface area is 153 Å². The third kappa shape index (κ3) is 4.96. The first-order valence-electron chi connectivity index (χ1n) is 7.69. The second-order valence-corrected chi connectivity index (χ2v) is 8.39. The van der Waals surface area contributed by atoms with Crippen LogP contribution < -0.4 is 9.62 Å². The molecule has 2 rings (SSSR count). The Morgan fingerprint density at radius 3 is 2.28 bits per heavy atom. The number of halogens is 1. The van der Waals surface area contributed by atoms with Crippen LogP contribution >= 0.6 is 11.6 Å². The maximum absolute atomic E-state index is 12.4. The first-order valence-corrected chi connectivity index (χ1v) is 9.91. The van der Waals surface area contributed by atoms with Crippen molar-refractivity contribution in [1.29, 1.82) is 0 Å². The summed E-state index contributed by atoms with van der Waals surface area (Å²) < 4.78 is 25.4. The third-order valence-corrected chi connectivity index (χ3v) is 5.27. The van der Waals surface area contributed by atoms with Crippen molar-refractivity contribution in [2.75, 3.05) is 22.4 Å². The number of hydrogen-bond acceptors (Lipinski definition) is 3. The molecule has 0 atom stereocenters. The Hall–Kier alpha value is -2.05. The Kier molecular flexibility index (Phi) is 5.75. The molecule has 1 N–H and O–H groups in total. The summed E-state index contributed by atoms with van der Waals surface area (Å²) in [6.45, 7) is 5.37. The van der Waals surface area contributed by atoms with Gasteiger partial charge in [0.15, 0.2) is 0 Å². The number of benzene rings is 2. The van der Waals surface area contributed by atoms with Crippen molar-refractivity contribution in [3.63, 3.8) is 0 Å². The molecular weight excluding hydrogens is 360 g/mol. The van der Waals surface area contributed by atoms with Gasteiger partial charge in [0.25, 0.3) is 0 Å². The lowest BCUT2D eigenvalue weighted by Gasteiger charge is -2.23. The first kappa shape index (κ1) is 19.3. The van der Waals surface area contributed by atoms with Gasteiger partial charge in [0.2, 0.25) is 15.9 Å². The molecule has 5 nitrogen and oxygen atoms in total. The molecule has 25 heavy (non-hydrogen) atoms. The third-order valence-electron chi connectivity index (χ3n) is 3.91. The maximum atomic E-state index is 12.4. The lowest BCUT2D eigenvalue weighted by Crippen LogP contribution is -2.37. The zero-order valence-electron chi connectivity index (χ0n) is 14.6. The fraction of sp³-hybridized carbons (Fsp3) is 0.278. The van der Waals surface area contributed by atoms with E-state index < -0.39 is 15.9 Å². The van der Waals surface area contributed by atoms with Gasteiger partial charge in [-0.05, 0) is 67.8 Å². The van der Waals surface area contributed by atoms with E-state index >= 15 is 0 Å². The number of carbonyl (C=O) groups excluding carboxylic acids is 1. The van der Waals surface area contributed by atoms with E-state index in [1.54, 1.807) is 31.2 Å². The van der Waals surface area contributed by atoms with Crippen LogP contribution in [0.15, 0.2) is 36.4 Å².